The first-order valence-corrected chi connectivity index (χ1v) is 8.88. The van der Waals surface area contributed by atoms with Gasteiger partial charge in [0.2, 0.25) is 0 Å². The van der Waals surface area contributed by atoms with Crippen LogP contribution >= 0.6 is 0 Å². The van der Waals surface area contributed by atoms with Crippen LogP contribution in [0.3, 0.4) is 0 Å². The van der Waals surface area contributed by atoms with Gasteiger partial charge in [0.05, 0.1) is 4.92 Å². The lowest BCUT2D eigenvalue weighted by atomic mass is 9.92. The number of aliphatic carboxylic acids is 1. The molecule has 2 aromatic carbocycles. The number of hydrogen-bond donors (Lipinski definition) is 1. The van der Waals surface area contributed by atoms with Gasteiger partial charge in [-0.15, -0.1) is 0 Å². The molecule has 0 saturated carbocycles. The molecule has 0 bridgehead atoms. The van der Waals surface area contributed by atoms with Gasteiger partial charge in [-0.25, -0.2) is 4.79 Å². The van der Waals surface area contributed by atoms with Gasteiger partial charge in [-0.05, 0) is 12.5 Å². The zero-order valence-electron chi connectivity index (χ0n) is 15.7. The summed E-state index contributed by atoms with van der Waals surface area (Å²) in [5.74, 6) is -2.25. The number of ether oxygens (including phenoxy) is 1. The molecule has 0 saturated heterocycles. The largest absolute Gasteiger partial charge is 0.479 e. The fourth-order valence-corrected chi connectivity index (χ4v) is 3.50. The highest BCUT2D eigenvalue weighted by Crippen LogP contribution is 2.47. The smallest absolute Gasteiger partial charge is 0.432 e. The summed E-state index contributed by atoms with van der Waals surface area (Å²) in [7, 11) is 0. The van der Waals surface area contributed by atoms with Gasteiger partial charge in [0.1, 0.15) is 5.52 Å². The number of carbonyl (C=O) groups is 1. The molecule has 1 heterocycles. The highest BCUT2D eigenvalue weighted by molar-refractivity contribution is 5.96. The Bertz CT molecular complexity index is 1100. The molecule has 3 rings (SSSR count). The van der Waals surface area contributed by atoms with Crippen LogP contribution in [0.25, 0.3) is 10.9 Å². The minimum Gasteiger partial charge on any atom is -0.479 e. The van der Waals surface area contributed by atoms with E-state index in [1.165, 1.54) is 23.6 Å². The van der Waals surface area contributed by atoms with E-state index in [9.17, 15) is 33.2 Å². The van der Waals surface area contributed by atoms with Crippen molar-refractivity contribution in [2.45, 2.75) is 25.2 Å². The Hall–Kier alpha value is -3.40. The topological polar surface area (TPSA) is 94.6 Å². The first-order chi connectivity index (χ1) is 14.1. The van der Waals surface area contributed by atoms with Crippen molar-refractivity contribution >= 4 is 22.6 Å². The van der Waals surface area contributed by atoms with Crippen molar-refractivity contribution in [1.29, 1.82) is 0 Å². The van der Waals surface area contributed by atoms with Gasteiger partial charge in [-0.1, -0.05) is 42.5 Å². The van der Waals surface area contributed by atoms with E-state index in [2.05, 4.69) is 0 Å². The molecule has 1 N–H and O–H groups in total. The highest BCUT2D eigenvalue weighted by Gasteiger charge is 2.64. The van der Waals surface area contributed by atoms with Gasteiger partial charge in [0.25, 0.3) is 11.3 Å². The predicted molar refractivity (Wildman–Crippen MR) is 101 cm³/mol. The lowest BCUT2D eigenvalue weighted by Crippen LogP contribution is -2.51. The second-order valence-corrected chi connectivity index (χ2v) is 6.50. The van der Waals surface area contributed by atoms with Crippen molar-refractivity contribution in [1.82, 2.24) is 4.57 Å². The third-order valence-corrected chi connectivity index (χ3v) is 4.71. The van der Waals surface area contributed by atoms with Crippen LogP contribution in [0.1, 0.15) is 18.1 Å². The molecule has 0 fully saturated rings. The molecule has 0 spiro atoms. The summed E-state index contributed by atoms with van der Waals surface area (Å²) in [6.07, 6.45) is -4.34. The Balaban J connectivity index is 2.39. The van der Waals surface area contributed by atoms with E-state index in [0.29, 0.717) is 5.56 Å². The van der Waals surface area contributed by atoms with E-state index < -0.39 is 40.5 Å². The van der Waals surface area contributed by atoms with Gasteiger partial charge in [-0.2, -0.15) is 13.2 Å². The van der Waals surface area contributed by atoms with Crippen LogP contribution in [-0.4, -0.2) is 33.3 Å². The minimum absolute atomic E-state index is 0.00186. The molecule has 0 amide bonds. The quantitative estimate of drug-likeness (QED) is 0.448. The van der Waals surface area contributed by atoms with Crippen molar-refractivity contribution in [3.63, 3.8) is 0 Å². The molecule has 1 atom stereocenters. The Kier molecular flexibility index (Phi) is 5.53. The Morgan fingerprint density at radius 2 is 1.83 bits per heavy atom. The first kappa shape index (κ1) is 21.3. The summed E-state index contributed by atoms with van der Waals surface area (Å²) in [6, 6.07) is 12.2. The number of alkyl halides is 3. The van der Waals surface area contributed by atoms with E-state index in [4.69, 9.17) is 4.74 Å². The third-order valence-electron chi connectivity index (χ3n) is 4.71. The summed E-state index contributed by atoms with van der Waals surface area (Å²) < 4.78 is 48.3. The fourth-order valence-electron chi connectivity index (χ4n) is 3.50. The van der Waals surface area contributed by atoms with Crippen molar-refractivity contribution in [3.05, 3.63) is 76.0 Å². The molecule has 1 unspecified atom stereocenters. The molecule has 0 aliphatic heterocycles. The molecule has 0 aliphatic carbocycles. The Morgan fingerprint density at radius 3 is 2.37 bits per heavy atom. The van der Waals surface area contributed by atoms with Crippen molar-refractivity contribution in [2.24, 2.45) is 0 Å². The molecule has 158 valence electrons. The van der Waals surface area contributed by atoms with E-state index in [1.54, 1.807) is 30.3 Å². The lowest BCUT2D eigenvalue weighted by molar-refractivity contribution is -0.383. The second kappa shape index (κ2) is 7.79. The van der Waals surface area contributed by atoms with Crippen LogP contribution in [0.15, 0.2) is 54.7 Å². The number of carboxylic acid groups (broad SMARTS) is 1. The number of non-ortho nitro benzene ring substituents is 1. The maximum atomic E-state index is 14.1. The number of carboxylic acids is 1. The molecule has 7 nitrogen and oxygen atoms in total. The normalized spacial score (nSPS) is 13.9. The number of nitro groups is 1. The molecule has 0 aliphatic rings. The summed E-state index contributed by atoms with van der Waals surface area (Å²) in [4.78, 5) is 22.7. The van der Waals surface area contributed by atoms with E-state index >= 15 is 0 Å². The van der Waals surface area contributed by atoms with Crippen LogP contribution in [0.2, 0.25) is 0 Å². The van der Waals surface area contributed by atoms with Crippen molar-refractivity contribution < 1.29 is 32.7 Å². The maximum Gasteiger partial charge on any atom is 0.432 e. The summed E-state index contributed by atoms with van der Waals surface area (Å²) in [5.41, 5.74) is -4.26. The SMILES string of the molecule is CCOC(C(=O)O)(c1cn(Cc2ccccc2)c2c([N+](=O)[O-])cccc12)C(F)(F)F. The van der Waals surface area contributed by atoms with Gasteiger partial charge >= 0.3 is 12.1 Å². The molecular formula is C20H17F3N2O5. The average Bonchev–Trinajstić information content (AvgIpc) is 3.04. The van der Waals surface area contributed by atoms with Crippen LogP contribution < -0.4 is 0 Å². The molecular weight excluding hydrogens is 405 g/mol. The van der Waals surface area contributed by atoms with Crippen LogP contribution in [0, 0.1) is 10.1 Å². The van der Waals surface area contributed by atoms with Crippen molar-refractivity contribution in [3.8, 4) is 0 Å². The number of rotatable bonds is 7. The van der Waals surface area contributed by atoms with Crippen LogP contribution in [0.5, 0.6) is 0 Å². The number of aromatic nitrogens is 1. The second-order valence-electron chi connectivity index (χ2n) is 6.50. The number of nitro benzene ring substituents is 1. The third kappa shape index (κ3) is 3.39. The molecule has 1 aromatic heterocycles. The monoisotopic (exact) mass is 422 g/mol. The number of hydrogen-bond acceptors (Lipinski definition) is 4. The summed E-state index contributed by atoms with van der Waals surface area (Å²) >= 11 is 0. The Labute approximate surface area is 168 Å². The lowest BCUT2D eigenvalue weighted by Gasteiger charge is -2.31. The van der Waals surface area contributed by atoms with E-state index in [0.717, 1.165) is 12.3 Å². The van der Waals surface area contributed by atoms with Gasteiger partial charge < -0.3 is 14.4 Å². The van der Waals surface area contributed by atoms with Crippen molar-refractivity contribution in [2.75, 3.05) is 6.61 Å². The zero-order valence-corrected chi connectivity index (χ0v) is 15.7. The number of para-hydroxylation sites is 1. The average molecular weight is 422 g/mol. The number of nitrogens with zero attached hydrogens (tertiary/aromatic N) is 2. The molecule has 10 heteroatoms. The van der Waals surface area contributed by atoms with E-state index in [-0.39, 0.29) is 17.4 Å². The standard InChI is InChI=1S/C20H17F3N2O5/c1-2-30-19(18(26)27,20(21,22)23)15-12-24(11-13-7-4-3-5-8-13)17-14(15)9-6-10-16(17)25(28)29/h3-10,12H,2,11H2,1H3,(H,26,27). The zero-order chi connectivity index (χ0) is 22.1. The van der Waals surface area contributed by atoms with Gasteiger partial charge in [0.15, 0.2) is 0 Å². The highest BCUT2D eigenvalue weighted by atomic mass is 19.4. The van der Waals surface area contributed by atoms with Crippen LogP contribution in [0.4, 0.5) is 18.9 Å². The molecule has 3 aromatic rings. The number of benzene rings is 2. The molecule has 0 radical (unpaired) electrons. The van der Waals surface area contributed by atoms with Gasteiger partial charge in [-0.3, -0.25) is 10.1 Å². The summed E-state index contributed by atoms with van der Waals surface area (Å²) in [5, 5.41) is 20.9. The van der Waals surface area contributed by atoms with Crippen LogP contribution in [-0.2, 0) is 21.7 Å². The first-order valence-electron chi connectivity index (χ1n) is 8.88. The molecule has 30 heavy (non-hydrogen) atoms. The van der Waals surface area contributed by atoms with Gasteiger partial charge in [0, 0.05) is 36.4 Å². The minimum atomic E-state index is -5.31. The fraction of sp³-hybridized carbons (Fsp3) is 0.250. The number of fused-ring (bicyclic) bond motifs is 1. The Morgan fingerprint density at radius 1 is 1.17 bits per heavy atom. The maximum absolute atomic E-state index is 14.1. The van der Waals surface area contributed by atoms with E-state index in [1.807, 2.05) is 0 Å². The predicted octanol–water partition coefficient (Wildman–Crippen LogP) is 4.48. The summed E-state index contributed by atoms with van der Waals surface area (Å²) in [6.45, 7) is 0.711. The number of halogens is 3.